The number of aromatic nitrogens is 1. The van der Waals surface area contributed by atoms with Gasteiger partial charge in [0.05, 0.1) is 11.7 Å². The molecule has 3 amide bonds. The maximum Gasteiger partial charge on any atom is 0.255 e. The fourth-order valence-electron chi connectivity index (χ4n) is 5.45. The first-order chi connectivity index (χ1) is 17.7. The molecule has 36 heavy (non-hydrogen) atoms. The highest BCUT2D eigenvalue weighted by Gasteiger charge is 2.41. The van der Waals surface area contributed by atoms with Gasteiger partial charge in [-0.15, -0.1) is 0 Å². The fourth-order valence-corrected chi connectivity index (χ4v) is 5.45. The van der Waals surface area contributed by atoms with Crippen molar-refractivity contribution in [2.45, 2.75) is 6.04 Å². The van der Waals surface area contributed by atoms with E-state index in [1.54, 1.807) is 14.7 Å². The van der Waals surface area contributed by atoms with Gasteiger partial charge in [0.15, 0.2) is 0 Å². The largest absolute Gasteiger partial charge is 0.354 e. The zero-order valence-electron chi connectivity index (χ0n) is 19.8. The molecule has 1 fully saturated rings. The molecule has 1 atom stereocenters. The summed E-state index contributed by atoms with van der Waals surface area (Å²) in [5.74, 6) is -0.243. The third-order valence-corrected chi connectivity index (χ3v) is 7.26. The number of hydrogen-bond donors (Lipinski definition) is 1. The van der Waals surface area contributed by atoms with Gasteiger partial charge in [-0.05, 0) is 23.3 Å². The zero-order chi connectivity index (χ0) is 24.6. The van der Waals surface area contributed by atoms with Gasteiger partial charge >= 0.3 is 0 Å². The molecule has 1 saturated heterocycles. The summed E-state index contributed by atoms with van der Waals surface area (Å²) in [5, 5.41) is 1.03. The number of benzene rings is 3. The van der Waals surface area contributed by atoms with Crippen LogP contribution in [0.4, 0.5) is 0 Å². The van der Waals surface area contributed by atoms with Crippen LogP contribution in [-0.4, -0.2) is 70.6 Å². The minimum atomic E-state index is -0.403. The van der Waals surface area contributed by atoms with Gasteiger partial charge in [0.1, 0.15) is 6.54 Å². The topological polar surface area (TPSA) is 76.7 Å². The average molecular weight is 479 g/mol. The quantitative estimate of drug-likeness (QED) is 0.445. The summed E-state index contributed by atoms with van der Waals surface area (Å²) in [6, 6.07) is 25.4. The molecular weight excluding hydrogens is 452 g/mol. The number of hydrogen-bond acceptors (Lipinski definition) is 3. The molecule has 2 aliphatic heterocycles. The number of nitrogens with zero attached hydrogens (tertiary/aromatic N) is 3. The van der Waals surface area contributed by atoms with Crippen molar-refractivity contribution in [2.24, 2.45) is 0 Å². The number of piperazine rings is 1. The number of para-hydroxylation sites is 1. The van der Waals surface area contributed by atoms with E-state index in [0.29, 0.717) is 31.7 Å². The minimum absolute atomic E-state index is 0.0208. The van der Waals surface area contributed by atoms with Gasteiger partial charge < -0.3 is 19.7 Å². The van der Waals surface area contributed by atoms with Gasteiger partial charge in [0, 0.05) is 48.2 Å². The van der Waals surface area contributed by atoms with Crippen molar-refractivity contribution in [2.75, 3.05) is 32.7 Å². The number of carbonyl (C=O) groups excluding carboxylic acids is 3. The van der Waals surface area contributed by atoms with Gasteiger partial charge in [0.25, 0.3) is 5.91 Å². The lowest BCUT2D eigenvalue weighted by Crippen LogP contribution is -2.51. The van der Waals surface area contributed by atoms with E-state index in [1.807, 2.05) is 60.7 Å². The van der Waals surface area contributed by atoms with E-state index < -0.39 is 6.04 Å². The Morgan fingerprint density at radius 3 is 2.36 bits per heavy atom. The molecular formula is C29H26N4O3. The van der Waals surface area contributed by atoms with Gasteiger partial charge in [-0.3, -0.25) is 14.4 Å². The van der Waals surface area contributed by atoms with Crippen LogP contribution in [0.5, 0.6) is 0 Å². The Labute approximate surface area is 208 Å². The number of rotatable bonds is 5. The second-order valence-corrected chi connectivity index (χ2v) is 9.27. The smallest absolute Gasteiger partial charge is 0.255 e. The van der Waals surface area contributed by atoms with Crippen molar-refractivity contribution in [3.8, 4) is 11.3 Å². The average Bonchev–Trinajstić information content (AvgIpc) is 3.44. The summed E-state index contributed by atoms with van der Waals surface area (Å²) in [7, 11) is 0. The Balaban J connectivity index is 1.45. The van der Waals surface area contributed by atoms with E-state index >= 15 is 0 Å². The number of fused-ring (bicyclic) bond motifs is 2. The fraction of sp³-hybridized carbons (Fsp3) is 0.207. The summed E-state index contributed by atoms with van der Waals surface area (Å²) in [6.45, 7) is 1.94. The Morgan fingerprint density at radius 1 is 0.889 bits per heavy atom. The lowest BCUT2D eigenvalue weighted by atomic mass is 9.93. The van der Waals surface area contributed by atoms with Crippen LogP contribution in [-0.2, 0) is 9.59 Å². The highest BCUT2D eigenvalue weighted by Crippen LogP contribution is 2.45. The van der Waals surface area contributed by atoms with Crippen molar-refractivity contribution in [3.05, 3.63) is 95.6 Å². The van der Waals surface area contributed by atoms with Crippen molar-refractivity contribution in [1.29, 1.82) is 0 Å². The lowest BCUT2D eigenvalue weighted by molar-refractivity contribution is -0.135. The zero-order valence-corrected chi connectivity index (χ0v) is 19.8. The van der Waals surface area contributed by atoms with E-state index in [1.165, 1.54) is 0 Å². The Morgan fingerprint density at radius 2 is 1.58 bits per heavy atom. The van der Waals surface area contributed by atoms with Gasteiger partial charge in [0.2, 0.25) is 12.3 Å². The highest BCUT2D eigenvalue weighted by molar-refractivity contribution is 6.03. The van der Waals surface area contributed by atoms with Crippen molar-refractivity contribution in [1.82, 2.24) is 19.7 Å². The molecule has 2 aliphatic rings. The van der Waals surface area contributed by atoms with E-state index in [-0.39, 0.29) is 18.4 Å². The van der Waals surface area contributed by atoms with E-state index in [9.17, 15) is 14.4 Å². The second kappa shape index (κ2) is 9.00. The van der Waals surface area contributed by atoms with Crippen LogP contribution in [0.15, 0.2) is 78.9 Å². The summed E-state index contributed by atoms with van der Waals surface area (Å²) < 4.78 is 0. The molecule has 1 N–H and O–H groups in total. The van der Waals surface area contributed by atoms with Crippen LogP contribution < -0.4 is 0 Å². The first-order valence-corrected chi connectivity index (χ1v) is 12.2. The predicted molar refractivity (Wildman–Crippen MR) is 137 cm³/mol. The molecule has 3 heterocycles. The monoisotopic (exact) mass is 478 g/mol. The first kappa shape index (κ1) is 22.1. The molecule has 6 rings (SSSR count). The number of H-pyrrole nitrogens is 1. The standard InChI is InChI=1S/C29H26N4O3/c34-19-31-14-16-32(17-15-31)25(35)18-33-28(21-10-4-5-11-22(21)29(33)36)26-23-12-6-7-13-24(23)30-27(26)20-8-2-1-3-9-20/h1-13,19,28,30H,14-18H2/t28-/m1/s1. The predicted octanol–water partition coefficient (Wildman–Crippen LogP) is 3.68. The third kappa shape index (κ3) is 3.64. The molecule has 0 bridgehead atoms. The summed E-state index contributed by atoms with van der Waals surface area (Å²) >= 11 is 0. The third-order valence-electron chi connectivity index (χ3n) is 7.26. The Hall–Kier alpha value is -4.39. The molecule has 0 unspecified atom stereocenters. The van der Waals surface area contributed by atoms with Crippen LogP contribution in [0.1, 0.15) is 27.5 Å². The summed E-state index contributed by atoms with van der Waals surface area (Å²) in [5.41, 5.74) is 5.49. The van der Waals surface area contributed by atoms with Gasteiger partial charge in [-0.2, -0.15) is 0 Å². The number of amides is 3. The van der Waals surface area contributed by atoms with Gasteiger partial charge in [-0.1, -0.05) is 66.7 Å². The van der Waals surface area contributed by atoms with Crippen LogP contribution in [0, 0.1) is 0 Å². The molecule has 7 nitrogen and oxygen atoms in total. The number of carbonyl (C=O) groups is 3. The maximum absolute atomic E-state index is 13.7. The van der Waals surface area contributed by atoms with E-state index in [0.717, 1.165) is 39.7 Å². The summed E-state index contributed by atoms with van der Waals surface area (Å²) in [6.07, 6.45) is 0.820. The van der Waals surface area contributed by atoms with Crippen molar-refractivity contribution < 1.29 is 14.4 Å². The Bertz CT molecular complexity index is 1450. The van der Waals surface area contributed by atoms with Crippen LogP contribution >= 0.6 is 0 Å². The lowest BCUT2D eigenvalue weighted by Gasteiger charge is -2.34. The second-order valence-electron chi connectivity index (χ2n) is 9.27. The molecule has 1 aromatic heterocycles. The first-order valence-electron chi connectivity index (χ1n) is 12.2. The molecule has 3 aromatic carbocycles. The summed E-state index contributed by atoms with van der Waals surface area (Å²) in [4.78, 5) is 46.9. The SMILES string of the molecule is O=CN1CCN(C(=O)CN2C(=O)c3ccccc3[C@@H]2c2c(-c3ccccc3)[nH]c3ccccc23)CC1. The highest BCUT2D eigenvalue weighted by atomic mass is 16.2. The molecule has 0 spiro atoms. The number of aromatic amines is 1. The molecule has 4 aromatic rings. The Kier molecular flexibility index (Phi) is 5.52. The van der Waals surface area contributed by atoms with Gasteiger partial charge in [-0.25, -0.2) is 0 Å². The maximum atomic E-state index is 13.7. The van der Waals surface area contributed by atoms with E-state index in [4.69, 9.17) is 0 Å². The number of nitrogens with one attached hydrogen (secondary N) is 1. The van der Waals surface area contributed by atoms with Crippen molar-refractivity contribution >= 4 is 29.1 Å². The van der Waals surface area contributed by atoms with E-state index in [2.05, 4.69) is 23.2 Å². The molecule has 0 saturated carbocycles. The molecule has 7 heteroatoms. The molecule has 0 aliphatic carbocycles. The van der Waals surface area contributed by atoms with Crippen LogP contribution in [0.25, 0.3) is 22.2 Å². The molecule has 0 radical (unpaired) electrons. The molecule has 180 valence electrons. The van der Waals surface area contributed by atoms with Crippen molar-refractivity contribution in [3.63, 3.8) is 0 Å². The van der Waals surface area contributed by atoms with Crippen LogP contribution in [0.3, 0.4) is 0 Å². The normalized spacial score (nSPS) is 17.5. The van der Waals surface area contributed by atoms with Crippen LogP contribution in [0.2, 0.25) is 0 Å². The minimum Gasteiger partial charge on any atom is -0.354 e.